The largest absolute Gasteiger partial charge is 0.504 e. The maximum absolute atomic E-state index is 14.0. The Morgan fingerprint density at radius 2 is 2.17 bits per heavy atom. The molecule has 1 N–H and O–H groups in total. The van der Waals surface area contributed by atoms with Crippen molar-refractivity contribution in [2.24, 2.45) is 5.92 Å². The van der Waals surface area contributed by atoms with E-state index in [4.69, 9.17) is 4.74 Å². The van der Waals surface area contributed by atoms with Crippen LogP contribution >= 0.6 is 0 Å². The minimum atomic E-state index is -0.863. The topological polar surface area (TPSA) is 46.5 Å². The number of allylic oxidation sites excluding steroid dienone is 2. The number of Topliss-reactive ketones (excluding diaryl/α,β-unsaturated/α-hetero) is 1. The monoisotopic (exact) mass is 320 g/mol. The van der Waals surface area contributed by atoms with Crippen molar-refractivity contribution in [1.82, 2.24) is 0 Å². The van der Waals surface area contributed by atoms with Gasteiger partial charge in [0.1, 0.15) is 0 Å². The number of ketones is 1. The molecule has 0 fully saturated rings. The smallest absolute Gasteiger partial charge is 0.207 e. The van der Waals surface area contributed by atoms with Crippen molar-refractivity contribution >= 4 is 5.78 Å². The molecule has 126 valence electrons. The summed E-state index contributed by atoms with van der Waals surface area (Å²) in [5.41, 5.74) is 1.12. The molecule has 23 heavy (non-hydrogen) atoms. The number of benzene rings is 1. The molecule has 0 spiro atoms. The third-order valence-electron chi connectivity index (χ3n) is 4.38. The summed E-state index contributed by atoms with van der Waals surface area (Å²) in [6, 6.07) is 2.84. The first-order valence-corrected chi connectivity index (χ1v) is 8.42. The zero-order valence-corrected chi connectivity index (χ0v) is 13.9. The second kappa shape index (κ2) is 8.14. The molecule has 1 atom stereocenters. The molecular formula is C19H25FO3. The number of halogens is 1. The van der Waals surface area contributed by atoms with Gasteiger partial charge in [0, 0.05) is 6.42 Å². The highest BCUT2D eigenvalue weighted by molar-refractivity contribution is 6.00. The molecular weight excluding hydrogens is 295 g/mol. The Balaban J connectivity index is 2.05. The second-order valence-electron chi connectivity index (χ2n) is 6.10. The van der Waals surface area contributed by atoms with Crippen LogP contribution in [0.4, 0.5) is 4.39 Å². The lowest BCUT2D eigenvalue weighted by Gasteiger charge is -2.21. The van der Waals surface area contributed by atoms with E-state index in [1.807, 2.05) is 0 Å². The van der Waals surface area contributed by atoms with E-state index in [2.05, 4.69) is 13.0 Å². The summed E-state index contributed by atoms with van der Waals surface area (Å²) in [5, 5.41) is 9.92. The second-order valence-corrected chi connectivity index (χ2v) is 6.10. The van der Waals surface area contributed by atoms with Gasteiger partial charge in [0.05, 0.1) is 12.2 Å². The summed E-state index contributed by atoms with van der Waals surface area (Å²) in [6.07, 6.45) is 7.84. The molecule has 1 unspecified atom stereocenters. The number of hydrogen-bond acceptors (Lipinski definition) is 3. The molecule has 0 saturated heterocycles. The van der Waals surface area contributed by atoms with Gasteiger partial charge in [-0.3, -0.25) is 4.79 Å². The zero-order chi connectivity index (χ0) is 16.8. The van der Waals surface area contributed by atoms with E-state index in [-0.39, 0.29) is 23.5 Å². The highest BCUT2D eigenvalue weighted by Crippen LogP contribution is 2.33. The van der Waals surface area contributed by atoms with Crippen molar-refractivity contribution < 1.29 is 19.0 Å². The predicted octanol–water partition coefficient (Wildman–Crippen LogP) is 5.03. The molecule has 0 amide bonds. The minimum absolute atomic E-state index is 0.0270. The van der Waals surface area contributed by atoms with E-state index in [9.17, 15) is 14.3 Å². The third-order valence-corrected chi connectivity index (χ3v) is 4.38. The fourth-order valence-corrected chi connectivity index (χ4v) is 3.11. The van der Waals surface area contributed by atoms with Gasteiger partial charge in [0.25, 0.3) is 0 Å². The van der Waals surface area contributed by atoms with Gasteiger partial charge < -0.3 is 9.84 Å². The highest BCUT2D eigenvalue weighted by atomic mass is 19.1. The fourth-order valence-electron chi connectivity index (χ4n) is 3.11. The lowest BCUT2D eigenvalue weighted by molar-refractivity contribution is 0.0987. The molecule has 0 bridgehead atoms. The average Bonchev–Trinajstić information content (AvgIpc) is 2.54. The van der Waals surface area contributed by atoms with Crippen LogP contribution < -0.4 is 4.74 Å². The van der Waals surface area contributed by atoms with Crippen molar-refractivity contribution in [2.45, 2.75) is 52.4 Å². The Morgan fingerprint density at radius 3 is 2.78 bits per heavy atom. The van der Waals surface area contributed by atoms with Crippen LogP contribution in [0.3, 0.4) is 0 Å². The maximum Gasteiger partial charge on any atom is 0.207 e. The summed E-state index contributed by atoms with van der Waals surface area (Å²) < 4.78 is 19.1. The number of rotatable bonds is 7. The van der Waals surface area contributed by atoms with Crippen molar-refractivity contribution in [1.29, 1.82) is 0 Å². The van der Waals surface area contributed by atoms with E-state index in [0.717, 1.165) is 30.8 Å². The molecule has 4 heteroatoms. The molecule has 1 aromatic rings. The summed E-state index contributed by atoms with van der Waals surface area (Å²) in [7, 11) is 0. The van der Waals surface area contributed by atoms with Gasteiger partial charge in [-0.15, -0.1) is 0 Å². The highest BCUT2D eigenvalue weighted by Gasteiger charge is 2.21. The first-order valence-electron chi connectivity index (χ1n) is 8.42. The molecule has 1 aliphatic rings. The summed E-state index contributed by atoms with van der Waals surface area (Å²) in [6.45, 7) is 4.22. The van der Waals surface area contributed by atoms with Gasteiger partial charge >= 0.3 is 0 Å². The van der Waals surface area contributed by atoms with Gasteiger partial charge in [-0.25, -0.2) is 0 Å². The van der Waals surface area contributed by atoms with Gasteiger partial charge in [-0.2, -0.15) is 4.39 Å². The molecule has 1 aromatic carbocycles. The Kier molecular flexibility index (Phi) is 6.20. The lowest BCUT2D eigenvalue weighted by Crippen LogP contribution is -2.09. The van der Waals surface area contributed by atoms with Crippen molar-refractivity contribution in [3.63, 3.8) is 0 Å². The number of carbonyl (C=O) groups excluding carboxylic acids is 1. The Morgan fingerprint density at radius 1 is 1.39 bits per heavy atom. The quantitative estimate of drug-likeness (QED) is 0.566. The molecule has 0 aromatic heterocycles. The minimum Gasteiger partial charge on any atom is -0.504 e. The van der Waals surface area contributed by atoms with Gasteiger partial charge in [0.15, 0.2) is 17.3 Å². The summed E-state index contributed by atoms with van der Waals surface area (Å²) in [4.78, 5) is 12.4. The molecule has 3 nitrogen and oxygen atoms in total. The van der Waals surface area contributed by atoms with E-state index in [0.29, 0.717) is 6.61 Å². The van der Waals surface area contributed by atoms with Crippen LogP contribution in [-0.4, -0.2) is 17.5 Å². The van der Waals surface area contributed by atoms with Crippen LogP contribution in [0.25, 0.3) is 0 Å². The predicted molar refractivity (Wildman–Crippen MR) is 88.5 cm³/mol. The van der Waals surface area contributed by atoms with E-state index in [1.165, 1.54) is 25.0 Å². The Labute approximate surface area is 137 Å². The fraction of sp³-hybridized carbons (Fsp3) is 0.526. The first-order chi connectivity index (χ1) is 11.1. The van der Waals surface area contributed by atoms with Crippen LogP contribution in [0.1, 0.15) is 62.7 Å². The molecule has 1 aliphatic carbocycles. The lowest BCUT2D eigenvalue weighted by atomic mass is 9.84. The van der Waals surface area contributed by atoms with Gasteiger partial charge in [-0.1, -0.05) is 31.4 Å². The number of phenols is 1. The molecule has 0 saturated carbocycles. The van der Waals surface area contributed by atoms with Crippen LogP contribution in [0.15, 0.2) is 23.8 Å². The number of aromatic hydroxyl groups is 1. The number of hydrogen-bond donors (Lipinski definition) is 1. The molecule has 0 radical (unpaired) electrons. The van der Waals surface area contributed by atoms with Crippen molar-refractivity contribution in [2.75, 3.05) is 6.61 Å². The summed E-state index contributed by atoms with van der Waals surface area (Å²) in [5.74, 6) is -1.03. The molecule has 0 aliphatic heterocycles. The average molecular weight is 320 g/mol. The van der Waals surface area contributed by atoms with Gasteiger partial charge in [0.2, 0.25) is 5.82 Å². The molecule has 0 heterocycles. The number of phenolic OH excluding ortho intramolecular Hbond substituents is 1. The van der Waals surface area contributed by atoms with Crippen LogP contribution in [0, 0.1) is 11.7 Å². The molecule has 2 rings (SSSR count). The van der Waals surface area contributed by atoms with E-state index >= 15 is 0 Å². The van der Waals surface area contributed by atoms with E-state index in [1.54, 1.807) is 6.92 Å². The zero-order valence-electron chi connectivity index (χ0n) is 13.9. The van der Waals surface area contributed by atoms with Gasteiger partial charge in [-0.05, 0) is 44.2 Å². The first kappa shape index (κ1) is 17.5. The number of ether oxygens (including phenoxy) is 1. The normalized spacial score (nSPS) is 17.7. The third kappa shape index (κ3) is 4.34. The standard InChI is InChI=1S/C19H25FO3/c1-3-5-13-6-8-14(9-7-13)12-16(21)15-10-11-17(23-4-2)18(20)19(15)22/h8,10-11,13,22H,3-7,9,12H2,1-2H3. The Hall–Kier alpha value is -1.84. The Bertz CT molecular complexity index is 593. The van der Waals surface area contributed by atoms with Crippen molar-refractivity contribution in [3.8, 4) is 11.5 Å². The van der Waals surface area contributed by atoms with E-state index < -0.39 is 11.6 Å². The van der Waals surface area contributed by atoms with Crippen LogP contribution in [0.5, 0.6) is 11.5 Å². The maximum atomic E-state index is 14.0. The van der Waals surface area contributed by atoms with Crippen molar-refractivity contribution in [3.05, 3.63) is 35.2 Å². The number of carbonyl (C=O) groups is 1. The summed E-state index contributed by atoms with van der Waals surface area (Å²) >= 11 is 0. The van der Waals surface area contributed by atoms with Crippen LogP contribution in [0.2, 0.25) is 0 Å². The van der Waals surface area contributed by atoms with Crippen LogP contribution in [-0.2, 0) is 0 Å². The SMILES string of the molecule is CCCC1CC=C(CC(=O)c2ccc(OCC)c(F)c2O)CC1.